The Kier molecular flexibility index (Phi) is 8.65. The van der Waals surface area contributed by atoms with Gasteiger partial charge in [-0.05, 0) is 5.56 Å². The monoisotopic (exact) mass is 579 g/mol. The fourth-order valence-corrected chi connectivity index (χ4v) is 4.18. The van der Waals surface area contributed by atoms with E-state index in [-0.39, 0.29) is 40.7 Å². The van der Waals surface area contributed by atoms with E-state index in [1.54, 1.807) is 10.9 Å². The molecule has 37 heavy (non-hydrogen) atoms. The Morgan fingerprint density at radius 3 is 2.35 bits per heavy atom. The number of carbonyl (C=O) groups is 3. The second-order valence-corrected chi connectivity index (χ2v) is 8.28. The predicted molar refractivity (Wildman–Crippen MR) is 122 cm³/mol. The number of nitrogens with zero attached hydrogens (tertiary/aromatic N) is 3. The molecule has 3 N–H and O–H groups in total. The van der Waals surface area contributed by atoms with Crippen molar-refractivity contribution in [2.75, 3.05) is 12.3 Å². The second kappa shape index (κ2) is 11.5. The maximum Gasteiger partial charge on any atom is 0.313 e. The average Bonchev–Trinajstić information content (AvgIpc) is 3.30. The lowest BCUT2D eigenvalue weighted by atomic mass is 10.1. The Balaban J connectivity index is 0.00000380. The SMILES string of the molecule is CC(=O)OC[C@H]1O[C@@H]([n+]2cn(Cc3ccccc3)c3c(=O)[nH]c(N)nc32)[C@H](OC(C)=O)[C@@H]1OC(C)=O.[Br-]. The third-order valence-electron chi connectivity index (χ3n) is 5.50. The first-order valence-corrected chi connectivity index (χ1v) is 11.1. The lowest BCUT2D eigenvalue weighted by Gasteiger charge is -2.22. The lowest BCUT2D eigenvalue weighted by molar-refractivity contribution is -0.745. The van der Waals surface area contributed by atoms with Gasteiger partial charge >= 0.3 is 23.6 Å². The van der Waals surface area contributed by atoms with Crippen molar-refractivity contribution in [1.29, 1.82) is 0 Å². The number of fused-ring (bicyclic) bond motifs is 1. The summed E-state index contributed by atoms with van der Waals surface area (Å²) in [5.74, 6) is -2.00. The number of aromatic amines is 1. The number of esters is 3. The minimum Gasteiger partial charge on any atom is -1.00 e. The molecule has 4 atom stereocenters. The van der Waals surface area contributed by atoms with Crippen molar-refractivity contribution < 1.29 is 54.9 Å². The van der Waals surface area contributed by atoms with Crippen LogP contribution in [0.2, 0.25) is 0 Å². The Labute approximate surface area is 221 Å². The number of benzene rings is 1. The summed E-state index contributed by atoms with van der Waals surface area (Å²) < 4.78 is 25.3. The zero-order chi connectivity index (χ0) is 26.0. The van der Waals surface area contributed by atoms with E-state index in [0.717, 1.165) is 5.56 Å². The summed E-state index contributed by atoms with van der Waals surface area (Å²) in [7, 11) is 0. The van der Waals surface area contributed by atoms with Crippen LogP contribution in [-0.2, 0) is 39.9 Å². The normalized spacial score (nSPS) is 20.7. The number of imidazole rings is 1. The van der Waals surface area contributed by atoms with Gasteiger partial charge in [0.25, 0.3) is 11.5 Å². The van der Waals surface area contributed by atoms with Crippen LogP contribution < -0.4 is 32.8 Å². The molecule has 0 amide bonds. The molecule has 0 saturated carbocycles. The van der Waals surface area contributed by atoms with Crippen molar-refractivity contribution in [3.8, 4) is 0 Å². The highest BCUT2D eigenvalue weighted by atomic mass is 79.9. The highest BCUT2D eigenvalue weighted by molar-refractivity contribution is 5.69. The van der Waals surface area contributed by atoms with Gasteiger partial charge in [0.1, 0.15) is 12.7 Å². The predicted octanol–water partition coefficient (Wildman–Crippen LogP) is -3.03. The molecule has 3 heterocycles. The Morgan fingerprint density at radius 1 is 1.08 bits per heavy atom. The number of hydrogen-bond donors (Lipinski definition) is 2. The summed E-state index contributed by atoms with van der Waals surface area (Å²) in [5.41, 5.74) is 6.61. The van der Waals surface area contributed by atoms with Crippen molar-refractivity contribution in [2.45, 2.75) is 51.9 Å². The number of nitrogens with one attached hydrogen (secondary N) is 1. The molecule has 0 radical (unpaired) electrons. The zero-order valence-corrected chi connectivity index (χ0v) is 21.8. The third-order valence-corrected chi connectivity index (χ3v) is 5.50. The molecule has 0 unspecified atom stereocenters. The van der Waals surface area contributed by atoms with Crippen LogP contribution in [0, 0.1) is 0 Å². The van der Waals surface area contributed by atoms with Gasteiger partial charge in [0.2, 0.25) is 11.7 Å². The quantitative estimate of drug-likeness (QED) is 0.167. The number of rotatable bonds is 7. The topological polar surface area (TPSA) is 169 Å². The minimum atomic E-state index is -1.14. The van der Waals surface area contributed by atoms with E-state index in [9.17, 15) is 19.2 Å². The van der Waals surface area contributed by atoms with E-state index in [2.05, 4.69) is 9.97 Å². The van der Waals surface area contributed by atoms with Crippen molar-refractivity contribution in [1.82, 2.24) is 14.5 Å². The van der Waals surface area contributed by atoms with E-state index >= 15 is 0 Å². The first kappa shape index (κ1) is 27.8. The number of ether oxygens (including phenoxy) is 4. The fourth-order valence-electron chi connectivity index (χ4n) is 4.18. The maximum atomic E-state index is 12.9. The summed E-state index contributed by atoms with van der Waals surface area (Å²) in [4.78, 5) is 54.9. The van der Waals surface area contributed by atoms with Crippen LogP contribution in [-0.4, -0.2) is 57.4 Å². The van der Waals surface area contributed by atoms with Gasteiger partial charge in [0.15, 0.2) is 18.5 Å². The summed E-state index contributed by atoms with van der Waals surface area (Å²) in [6.07, 6.45) is -2.72. The fraction of sp³-hybridized carbons (Fsp3) is 0.391. The largest absolute Gasteiger partial charge is 1.00 e. The molecule has 13 nitrogen and oxygen atoms in total. The molecule has 1 aromatic carbocycles. The van der Waals surface area contributed by atoms with Crippen LogP contribution in [0.25, 0.3) is 11.2 Å². The van der Waals surface area contributed by atoms with Crippen LogP contribution >= 0.6 is 0 Å². The molecule has 1 saturated heterocycles. The summed E-state index contributed by atoms with van der Waals surface area (Å²) in [6, 6.07) is 9.41. The molecule has 1 aliphatic heterocycles. The van der Waals surface area contributed by atoms with E-state index < -0.39 is 48.0 Å². The van der Waals surface area contributed by atoms with E-state index in [1.807, 2.05) is 30.3 Å². The van der Waals surface area contributed by atoms with Crippen molar-refractivity contribution in [3.63, 3.8) is 0 Å². The van der Waals surface area contributed by atoms with Gasteiger partial charge in [0, 0.05) is 20.8 Å². The highest BCUT2D eigenvalue weighted by Crippen LogP contribution is 2.32. The number of hydrogen-bond acceptors (Lipinski definition) is 10. The van der Waals surface area contributed by atoms with Gasteiger partial charge in [-0.25, -0.2) is 4.57 Å². The molecular formula is C23H26BrN5O8. The summed E-state index contributed by atoms with van der Waals surface area (Å²) in [6.45, 7) is 3.67. The van der Waals surface area contributed by atoms with Gasteiger partial charge in [-0.1, -0.05) is 35.3 Å². The molecule has 1 fully saturated rings. The van der Waals surface area contributed by atoms with Crippen LogP contribution in [0.15, 0.2) is 41.5 Å². The van der Waals surface area contributed by atoms with Crippen LogP contribution in [0.1, 0.15) is 32.6 Å². The molecule has 2 aromatic heterocycles. The lowest BCUT2D eigenvalue weighted by Crippen LogP contribution is -3.00. The summed E-state index contributed by atoms with van der Waals surface area (Å²) >= 11 is 0. The Morgan fingerprint density at radius 2 is 1.73 bits per heavy atom. The average molecular weight is 580 g/mol. The number of halogens is 1. The molecule has 1 aliphatic rings. The van der Waals surface area contributed by atoms with Crippen LogP contribution in [0.5, 0.6) is 0 Å². The Hall–Kier alpha value is -3.78. The number of H-pyrrole nitrogens is 1. The molecule has 0 spiro atoms. The van der Waals surface area contributed by atoms with Crippen LogP contribution in [0.3, 0.4) is 0 Å². The summed E-state index contributed by atoms with van der Waals surface area (Å²) in [5, 5.41) is 0. The third kappa shape index (κ3) is 6.14. The van der Waals surface area contributed by atoms with Gasteiger partial charge in [-0.2, -0.15) is 0 Å². The van der Waals surface area contributed by atoms with Gasteiger partial charge < -0.3 is 41.7 Å². The molecule has 3 aromatic rings. The van der Waals surface area contributed by atoms with Crippen molar-refractivity contribution in [2.24, 2.45) is 0 Å². The minimum absolute atomic E-state index is 0. The van der Waals surface area contributed by atoms with E-state index in [4.69, 9.17) is 24.7 Å². The van der Waals surface area contributed by atoms with Gasteiger partial charge in [0.05, 0.1) is 6.54 Å². The molecule has 14 heteroatoms. The molecule has 0 bridgehead atoms. The number of aromatic nitrogens is 4. The van der Waals surface area contributed by atoms with E-state index in [0.29, 0.717) is 6.54 Å². The molecule has 0 aliphatic carbocycles. The first-order chi connectivity index (χ1) is 17.1. The number of nitrogen functional groups attached to an aromatic ring is 1. The maximum absolute atomic E-state index is 12.9. The highest BCUT2D eigenvalue weighted by Gasteiger charge is 2.53. The van der Waals surface area contributed by atoms with Crippen molar-refractivity contribution >= 4 is 35.0 Å². The van der Waals surface area contributed by atoms with Crippen LogP contribution in [0.4, 0.5) is 5.95 Å². The van der Waals surface area contributed by atoms with Gasteiger partial charge in [-0.15, -0.1) is 0 Å². The number of anilines is 1. The zero-order valence-electron chi connectivity index (χ0n) is 20.3. The molecule has 198 valence electrons. The Bertz CT molecular complexity index is 1360. The number of carbonyl (C=O) groups excluding carboxylic acids is 3. The smallest absolute Gasteiger partial charge is 0.313 e. The van der Waals surface area contributed by atoms with E-state index in [1.165, 1.54) is 25.3 Å². The first-order valence-electron chi connectivity index (χ1n) is 11.1. The molecule has 4 rings (SSSR count). The van der Waals surface area contributed by atoms with Crippen molar-refractivity contribution in [3.05, 3.63) is 52.6 Å². The number of nitrogens with two attached hydrogens (primary N) is 1. The van der Waals surface area contributed by atoms with Gasteiger partial charge in [-0.3, -0.25) is 28.7 Å². The second-order valence-electron chi connectivity index (χ2n) is 8.28. The molecular weight excluding hydrogens is 554 g/mol. The standard InChI is InChI=1S/C23H25N5O8.BrH/c1-12(29)33-10-16-18(34-13(2)30)19(35-14(3)31)22(36-16)28-11-27(9-15-7-5-4-6-8-15)17-20(28)25-23(24)26-21(17)32;/h4-8,11,16,18-19,22H,9-10H2,1-3H3,(H2-,24,25,26,32);1H/t16-,18-,19-,22-;/m1./s1.